The summed E-state index contributed by atoms with van der Waals surface area (Å²) in [5, 5.41) is 6.66. The summed E-state index contributed by atoms with van der Waals surface area (Å²) >= 11 is 2.89. The molecule has 0 unspecified atom stereocenters. The highest BCUT2D eigenvalue weighted by Gasteiger charge is 2.35. The summed E-state index contributed by atoms with van der Waals surface area (Å²) < 4.78 is 58.3. The minimum atomic E-state index is -4.67. The number of hydrogen-bond acceptors (Lipinski definition) is 4. The Kier molecular flexibility index (Phi) is 9.67. The van der Waals surface area contributed by atoms with Gasteiger partial charge >= 0.3 is 6.18 Å². The van der Waals surface area contributed by atoms with Gasteiger partial charge in [0, 0.05) is 34.8 Å². The highest BCUT2D eigenvalue weighted by atomic mass is 79.9. The maximum Gasteiger partial charge on any atom is 0.417 e. The predicted octanol–water partition coefficient (Wildman–Crippen LogP) is 6.19. The Labute approximate surface area is 259 Å². The first-order valence-corrected chi connectivity index (χ1v) is 14.9. The fourth-order valence-corrected chi connectivity index (χ4v) is 5.67. The number of nitrogens with one attached hydrogen (secondary N) is 1. The smallest absolute Gasteiger partial charge is 0.355 e. The van der Waals surface area contributed by atoms with E-state index in [0.717, 1.165) is 6.07 Å². The molecule has 0 saturated carbocycles. The van der Waals surface area contributed by atoms with E-state index < -0.39 is 29.2 Å². The van der Waals surface area contributed by atoms with Crippen molar-refractivity contribution in [2.24, 2.45) is 5.92 Å². The first-order valence-electron chi connectivity index (χ1n) is 14.1. The van der Waals surface area contributed by atoms with Crippen LogP contribution in [0.4, 0.5) is 17.6 Å². The van der Waals surface area contributed by atoms with E-state index in [1.54, 1.807) is 24.3 Å². The summed E-state index contributed by atoms with van der Waals surface area (Å²) in [5.74, 6) is -1.71. The van der Waals surface area contributed by atoms with Gasteiger partial charge < -0.3 is 10.2 Å². The second kappa shape index (κ2) is 12.9. The van der Waals surface area contributed by atoms with Crippen molar-refractivity contribution in [3.05, 3.63) is 96.7 Å². The van der Waals surface area contributed by atoms with Crippen molar-refractivity contribution in [3.8, 4) is 5.69 Å². The molecule has 234 valence electrons. The van der Waals surface area contributed by atoms with Gasteiger partial charge in [-0.3, -0.25) is 19.0 Å². The van der Waals surface area contributed by atoms with Gasteiger partial charge in [-0.15, -0.1) is 5.10 Å². The lowest BCUT2D eigenvalue weighted by atomic mass is 10.0. The van der Waals surface area contributed by atoms with Gasteiger partial charge in [0.15, 0.2) is 0 Å². The number of nitrogens with zero attached hydrogens (tertiary/aromatic N) is 4. The number of carbonyl (C=O) groups excluding carboxylic acids is 2. The minimum absolute atomic E-state index is 0.0148. The quantitative estimate of drug-likeness (QED) is 0.255. The fraction of sp³-hybridized carbons (Fsp3) is 0.355. The fourth-order valence-electron chi connectivity index (χ4n) is 5.20. The van der Waals surface area contributed by atoms with Crippen LogP contribution in [0.2, 0.25) is 0 Å². The Morgan fingerprint density at radius 2 is 1.70 bits per heavy atom. The molecule has 0 spiro atoms. The van der Waals surface area contributed by atoms with Gasteiger partial charge in [0.2, 0.25) is 5.95 Å². The lowest BCUT2D eigenvalue weighted by Gasteiger charge is -2.30. The second-order valence-corrected chi connectivity index (χ2v) is 11.3. The van der Waals surface area contributed by atoms with E-state index in [1.807, 2.05) is 27.7 Å². The number of benzene rings is 2. The summed E-state index contributed by atoms with van der Waals surface area (Å²) in [4.78, 5) is 40.7. The SMILES string of the molecule is CC.CNC(=O)c1ccc(-n2c(=O)c3c(n4nc(F)c(CC(C)C)c24)CN(C(=O)c2ccc(Br)c(C(F)(F)F)c2)CC3)cc1. The highest BCUT2D eigenvalue weighted by Crippen LogP contribution is 2.36. The maximum absolute atomic E-state index is 15.4. The first-order chi connectivity index (χ1) is 20.8. The minimum Gasteiger partial charge on any atom is -0.355 e. The maximum atomic E-state index is 15.4. The molecule has 1 N–H and O–H groups in total. The number of aromatic nitrogens is 3. The van der Waals surface area contributed by atoms with E-state index in [-0.39, 0.29) is 64.7 Å². The van der Waals surface area contributed by atoms with Crippen molar-refractivity contribution in [1.82, 2.24) is 24.4 Å². The molecule has 44 heavy (non-hydrogen) atoms. The third kappa shape index (κ3) is 6.15. The number of carbonyl (C=O) groups is 2. The van der Waals surface area contributed by atoms with Gasteiger partial charge in [-0.25, -0.2) is 4.52 Å². The van der Waals surface area contributed by atoms with E-state index in [1.165, 1.54) is 33.2 Å². The van der Waals surface area contributed by atoms with Gasteiger partial charge in [-0.05, 0) is 61.2 Å². The molecule has 5 rings (SSSR count). The predicted molar refractivity (Wildman–Crippen MR) is 162 cm³/mol. The zero-order valence-corrected chi connectivity index (χ0v) is 26.4. The molecule has 0 atom stereocenters. The van der Waals surface area contributed by atoms with Crippen molar-refractivity contribution >= 4 is 33.4 Å². The van der Waals surface area contributed by atoms with Gasteiger partial charge in [0.05, 0.1) is 29.1 Å². The van der Waals surface area contributed by atoms with Crippen LogP contribution in [-0.4, -0.2) is 44.5 Å². The molecule has 0 bridgehead atoms. The number of amides is 2. The molecule has 2 aromatic carbocycles. The van der Waals surface area contributed by atoms with E-state index in [0.29, 0.717) is 16.8 Å². The number of halogens is 5. The molecule has 3 heterocycles. The van der Waals surface area contributed by atoms with Gasteiger partial charge in [-0.2, -0.15) is 17.6 Å². The summed E-state index contributed by atoms with van der Waals surface area (Å²) in [6, 6.07) is 9.53. The standard InChI is InChI=1S/C29H26BrF4N5O3.C2H6/c1-15(2)12-20-24(31)36-39-23-14-37(27(41)17-6-9-22(30)21(13-17)29(32,33)34)11-10-19(23)28(42)38(26(20)39)18-7-4-16(5-8-18)25(40)35-3;1-2/h4-9,13,15H,10-12,14H2,1-3H3,(H,35,40);1-2H3. The van der Waals surface area contributed by atoms with Crippen molar-refractivity contribution in [1.29, 1.82) is 0 Å². The van der Waals surface area contributed by atoms with Crippen LogP contribution >= 0.6 is 15.9 Å². The molecule has 1 aliphatic heterocycles. The van der Waals surface area contributed by atoms with Gasteiger partial charge in [0.1, 0.15) is 5.65 Å². The molecule has 8 nitrogen and oxygen atoms in total. The molecule has 0 saturated heterocycles. The number of hydrogen-bond donors (Lipinski definition) is 1. The third-order valence-corrected chi connectivity index (χ3v) is 7.88. The van der Waals surface area contributed by atoms with E-state index in [4.69, 9.17) is 0 Å². The summed E-state index contributed by atoms with van der Waals surface area (Å²) in [7, 11) is 1.50. The van der Waals surface area contributed by atoms with Gasteiger partial charge in [0.25, 0.3) is 17.4 Å². The Balaban J connectivity index is 0.00000216. The summed E-state index contributed by atoms with van der Waals surface area (Å²) in [5.41, 5.74) is 0.209. The van der Waals surface area contributed by atoms with Crippen molar-refractivity contribution in [2.75, 3.05) is 13.6 Å². The molecule has 13 heteroatoms. The lowest BCUT2D eigenvalue weighted by Crippen LogP contribution is -2.41. The van der Waals surface area contributed by atoms with Crippen LogP contribution in [-0.2, 0) is 25.6 Å². The molecule has 2 aromatic heterocycles. The van der Waals surface area contributed by atoms with Crippen LogP contribution in [0.25, 0.3) is 11.3 Å². The molecular weight excluding hydrogens is 646 g/mol. The molecule has 4 aromatic rings. The van der Waals surface area contributed by atoms with Crippen LogP contribution in [0.3, 0.4) is 0 Å². The average Bonchev–Trinajstić information content (AvgIpc) is 3.32. The number of fused-ring (bicyclic) bond motifs is 3. The highest BCUT2D eigenvalue weighted by molar-refractivity contribution is 9.10. The van der Waals surface area contributed by atoms with E-state index >= 15 is 4.39 Å². The number of alkyl halides is 3. The van der Waals surface area contributed by atoms with Crippen molar-refractivity contribution < 1.29 is 27.2 Å². The van der Waals surface area contributed by atoms with Crippen molar-refractivity contribution in [2.45, 2.75) is 53.3 Å². The molecule has 0 fully saturated rings. The molecule has 1 aliphatic rings. The Hall–Kier alpha value is -4.00. The summed E-state index contributed by atoms with van der Waals surface area (Å²) in [6.45, 7) is 7.70. The van der Waals surface area contributed by atoms with E-state index in [9.17, 15) is 27.6 Å². The zero-order chi connectivity index (χ0) is 32.5. The Morgan fingerprint density at radius 1 is 1.07 bits per heavy atom. The van der Waals surface area contributed by atoms with Gasteiger partial charge in [-0.1, -0.05) is 43.6 Å². The van der Waals surface area contributed by atoms with Crippen LogP contribution < -0.4 is 10.9 Å². The molecule has 0 aliphatic carbocycles. The summed E-state index contributed by atoms with van der Waals surface area (Å²) in [6.07, 6.45) is -4.32. The second-order valence-electron chi connectivity index (χ2n) is 10.5. The van der Waals surface area contributed by atoms with E-state index in [2.05, 4.69) is 26.3 Å². The lowest BCUT2D eigenvalue weighted by molar-refractivity contribution is -0.138. The molecular formula is C31H32BrF4N5O3. The van der Waals surface area contributed by atoms with Crippen LogP contribution in [0.5, 0.6) is 0 Å². The average molecular weight is 679 g/mol. The monoisotopic (exact) mass is 677 g/mol. The number of rotatable bonds is 5. The Morgan fingerprint density at radius 3 is 2.30 bits per heavy atom. The zero-order valence-electron chi connectivity index (χ0n) is 24.9. The van der Waals surface area contributed by atoms with Crippen LogP contribution in [0, 0.1) is 11.9 Å². The molecule has 2 amide bonds. The first kappa shape index (κ1) is 32.9. The Bertz CT molecular complexity index is 1780. The third-order valence-electron chi connectivity index (χ3n) is 7.19. The largest absolute Gasteiger partial charge is 0.417 e. The van der Waals surface area contributed by atoms with Crippen LogP contribution in [0.15, 0.2) is 51.7 Å². The molecule has 0 radical (unpaired) electrons. The van der Waals surface area contributed by atoms with Crippen molar-refractivity contribution in [3.63, 3.8) is 0 Å². The normalized spacial score (nSPS) is 13.0. The topological polar surface area (TPSA) is 88.7 Å². The van der Waals surface area contributed by atoms with Crippen LogP contribution in [0.1, 0.15) is 70.8 Å².